The summed E-state index contributed by atoms with van der Waals surface area (Å²) in [5.41, 5.74) is 6.28. The second-order valence-electron chi connectivity index (χ2n) is 2.53. The number of nitrogens with two attached hydrogens (primary N) is 1. The minimum absolute atomic E-state index is 0.00507. The fourth-order valence-corrected chi connectivity index (χ4v) is 0.954. The Bertz CT molecular complexity index is 255. The quantitative estimate of drug-likeness (QED) is 0.653. The van der Waals surface area contributed by atoms with Gasteiger partial charge in [0.05, 0.1) is 0 Å². The number of pyridine rings is 1. The average Bonchev–Trinajstić information content (AvgIpc) is 2.05. The Balaban J connectivity index is 2.73. The summed E-state index contributed by atoms with van der Waals surface area (Å²) in [7, 11) is 0. The third-order valence-electron chi connectivity index (χ3n) is 1.62. The lowest BCUT2D eigenvalue weighted by molar-refractivity contribution is 0.276. The van der Waals surface area contributed by atoms with E-state index in [2.05, 4.69) is 4.98 Å². The maximum atomic E-state index is 12.5. The van der Waals surface area contributed by atoms with E-state index >= 15 is 0 Å². The maximum absolute atomic E-state index is 12.5. The maximum Gasteiger partial charge on any atom is 0.213 e. The first-order valence-corrected chi connectivity index (χ1v) is 3.72. The van der Waals surface area contributed by atoms with Crippen molar-refractivity contribution in [2.24, 2.45) is 5.73 Å². The van der Waals surface area contributed by atoms with Crippen LogP contribution in [0.1, 0.15) is 18.0 Å². The van der Waals surface area contributed by atoms with Crippen LogP contribution in [0.5, 0.6) is 0 Å². The SMILES string of the molecule is NC(CCO)c1ccnc(F)c1. The highest BCUT2D eigenvalue weighted by Gasteiger charge is 2.05. The van der Waals surface area contributed by atoms with E-state index in [4.69, 9.17) is 10.8 Å². The summed E-state index contributed by atoms with van der Waals surface area (Å²) in [5, 5.41) is 8.58. The van der Waals surface area contributed by atoms with Crippen molar-refractivity contribution >= 4 is 0 Å². The number of hydrogen-bond donors (Lipinski definition) is 2. The molecule has 0 saturated carbocycles. The standard InChI is InChI=1S/C8H11FN2O/c9-8-5-6(1-3-11-8)7(10)2-4-12/h1,3,5,7,12H,2,4,10H2. The van der Waals surface area contributed by atoms with Crippen LogP contribution in [0.4, 0.5) is 4.39 Å². The monoisotopic (exact) mass is 170 g/mol. The van der Waals surface area contributed by atoms with Gasteiger partial charge in [0, 0.05) is 18.8 Å². The normalized spacial score (nSPS) is 12.9. The molecule has 12 heavy (non-hydrogen) atoms. The van der Waals surface area contributed by atoms with Crippen molar-refractivity contribution in [3.8, 4) is 0 Å². The molecule has 1 aromatic heterocycles. The van der Waals surface area contributed by atoms with Gasteiger partial charge in [0.2, 0.25) is 5.95 Å². The molecular formula is C8H11FN2O. The molecule has 0 aliphatic rings. The predicted octanol–water partition coefficient (Wildman–Crippen LogP) is 0.603. The zero-order valence-corrected chi connectivity index (χ0v) is 6.57. The molecule has 3 nitrogen and oxygen atoms in total. The van der Waals surface area contributed by atoms with E-state index in [9.17, 15) is 4.39 Å². The second-order valence-corrected chi connectivity index (χ2v) is 2.53. The third kappa shape index (κ3) is 2.25. The second kappa shape index (κ2) is 4.13. The van der Waals surface area contributed by atoms with Gasteiger partial charge >= 0.3 is 0 Å². The third-order valence-corrected chi connectivity index (χ3v) is 1.62. The van der Waals surface area contributed by atoms with Crippen LogP contribution in [0.25, 0.3) is 0 Å². The van der Waals surface area contributed by atoms with E-state index in [-0.39, 0.29) is 12.6 Å². The van der Waals surface area contributed by atoms with Crippen molar-refractivity contribution < 1.29 is 9.50 Å². The van der Waals surface area contributed by atoms with Crippen LogP contribution in [0.2, 0.25) is 0 Å². The molecule has 0 aromatic carbocycles. The summed E-state index contributed by atoms with van der Waals surface area (Å²) in [6.07, 6.45) is 1.80. The van der Waals surface area contributed by atoms with Crippen LogP contribution in [0, 0.1) is 5.95 Å². The summed E-state index contributed by atoms with van der Waals surface area (Å²) >= 11 is 0. The van der Waals surface area contributed by atoms with E-state index in [1.165, 1.54) is 12.3 Å². The van der Waals surface area contributed by atoms with Gasteiger partial charge in [-0.2, -0.15) is 4.39 Å². The first-order valence-electron chi connectivity index (χ1n) is 3.72. The highest BCUT2D eigenvalue weighted by Crippen LogP contribution is 2.12. The van der Waals surface area contributed by atoms with Crippen molar-refractivity contribution in [1.82, 2.24) is 4.98 Å². The molecule has 0 aliphatic carbocycles. The predicted molar refractivity (Wildman–Crippen MR) is 42.8 cm³/mol. The minimum Gasteiger partial charge on any atom is -0.396 e. The smallest absolute Gasteiger partial charge is 0.213 e. The molecule has 0 spiro atoms. The number of aromatic nitrogens is 1. The Morgan fingerprint density at radius 2 is 2.42 bits per heavy atom. The zero-order valence-electron chi connectivity index (χ0n) is 6.57. The van der Waals surface area contributed by atoms with Crippen LogP contribution in [-0.2, 0) is 0 Å². The van der Waals surface area contributed by atoms with Crippen LogP contribution < -0.4 is 5.73 Å². The Morgan fingerprint density at radius 3 is 3.00 bits per heavy atom. The molecule has 66 valence electrons. The van der Waals surface area contributed by atoms with E-state index in [0.29, 0.717) is 12.0 Å². The van der Waals surface area contributed by atoms with Gasteiger partial charge in [-0.25, -0.2) is 4.98 Å². The zero-order chi connectivity index (χ0) is 8.97. The van der Waals surface area contributed by atoms with Crippen LogP contribution >= 0.6 is 0 Å². The number of nitrogens with zero attached hydrogens (tertiary/aromatic N) is 1. The van der Waals surface area contributed by atoms with Gasteiger partial charge < -0.3 is 10.8 Å². The lowest BCUT2D eigenvalue weighted by Crippen LogP contribution is -2.12. The molecule has 1 aromatic rings. The molecule has 1 unspecified atom stereocenters. The Kier molecular flexibility index (Phi) is 3.13. The lowest BCUT2D eigenvalue weighted by Gasteiger charge is -2.08. The number of hydrogen-bond acceptors (Lipinski definition) is 3. The molecule has 3 N–H and O–H groups in total. The summed E-state index contributed by atoms with van der Waals surface area (Å²) in [4.78, 5) is 3.40. The average molecular weight is 170 g/mol. The molecular weight excluding hydrogens is 159 g/mol. The van der Waals surface area contributed by atoms with Crippen molar-refractivity contribution in [2.75, 3.05) is 6.61 Å². The fourth-order valence-electron chi connectivity index (χ4n) is 0.954. The summed E-state index contributed by atoms with van der Waals surface area (Å²) in [6.45, 7) is 0.00507. The van der Waals surface area contributed by atoms with Crippen LogP contribution in [0.3, 0.4) is 0 Å². The molecule has 0 bridgehead atoms. The highest BCUT2D eigenvalue weighted by molar-refractivity contribution is 5.14. The largest absolute Gasteiger partial charge is 0.396 e. The van der Waals surface area contributed by atoms with E-state index < -0.39 is 5.95 Å². The number of aliphatic hydroxyl groups excluding tert-OH is 1. The van der Waals surface area contributed by atoms with E-state index in [1.54, 1.807) is 6.07 Å². The molecule has 4 heteroatoms. The lowest BCUT2D eigenvalue weighted by atomic mass is 10.1. The molecule has 0 fully saturated rings. The summed E-state index contributed by atoms with van der Waals surface area (Å²) in [6, 6.07) is 2.61. The number of aliphatic hydroxyl groups is 1. The van der Waals surface area contributed by atoms with Gasteiger partial charge in [-0.15, -0.1) is 0 Å². The molecule has 0 amide bonds. The van der Waals surface area contributed by atoms with Crippen molar-refractivity contribution in [3.05, 3.63) is 29.8 Å². The van der Waals surface area contributed by atoms with Gasteiger partial charge in [0.25, 0.3) is 0 Å². The summed E-state index contributed by atoms with van der Waals surface area (Å²) in [5.74, 6) is -0.541. The molecule has 0 radical (unpaired) electrons. The fraction of sp³-hybridized carbons (Fsp3) is 0.375. The first-order chi connectivity index (χ1) is 5.74. The Labute approximate surface area is 70.0 Å². The van der Waals surface area contributed by atoms with Crippen LogP contribution in [-0.4, -0.2) is 16.7 Å². The van der Waals surface area contributed by atoms with E-state index in [0.717, 1.165) is 0 Å². The van der Waals surface area contributed by atoms with Crippen LogP contribution in [0.15, 0.2) is 18.3 Å². The van der Waals surface area contributed by atoms with Gasteiger partial charge in [-0.05, 0) is 24.1 Å². The van der Waals surface area contributed by atoms with Gasteiger partial charge in [-0.1, -0.05) is 0 Å². The van der Waals surface area contributed by atoms with Gasteiger partial charge in [0.1, 0.15) is 0 Å². The minimum atomic E-state index is -0.541. The Hall–Kier alpha value is -1.00. The topological polar surface area (TPSA) is 59.1 Å². The highest BCUT2D eigenvalue weighted by atomic mass is 19.1. The molecule has 0 aliphatic heterocycles. The molecule has 0 saturated heterocycles. The molecule has 1 atom stereocenters. The van der Waals surface area contributed by atoms with E-state index in [1.807, 2.05) is 0 Å². The summed E-state index contributed by atoms with van der Waals surface area (Å²) < 4.78 is 12.5. The number of halogens is 1. The van der Waals surface area contributed by atoms with Crippen molar-refractivity contribution in [2.45, 2.75) is 12.5 Å². The molecule has 1 heterocycles. The number of rotatable bonds is 3. The van der Waals surface area contributed by atoms with Crippen molar-refractivity contribution in [1.29, 1.82) is 0 Å². The van der Waals surface area contributed by atoms with Crippen molar-refractivity contribution in [3.63, 3.8) is 0 Å². The van der Waals surface area contributed by atoms with Gasteiger partial charge in [0.15, 0.2) is 0 Å². The first kappa shape index (κ1) is 9.09. The van der Waals surface area contributed by atoms with Gasteiger partial charge in [-0.3, -0.25) is 0 Å². The Morgan fingerprint density at radius 1 is 1.67 bits per heavy atom. The molecule has 1 rings (SSSR count).